The SMILES string of the molecule is CCC1(NC(=O)N[C@@H](CC(C)C)C(=O)O)CCC1. The molecule has 0 spiro atoms. The van der Waals surface area contributed by atoms with Crippen LogP contribution in [0, 0.1) is 5.92 Å². The Labute approximate surface area is 108 Å². The van der Waals surface area contributed by atoms with Gasteiger partial charge in [-0.3, -0.25) is 0 Å². The minimum absolute atomic E-state index is 0.106. The first kappa shape index (κ1) is 14.8. The molecule has 0 aromatic carbocycles. The van der Waals surface area contributed by atoms with Crippen molar-refractivity contribution in [3.05, 3.63) is 0 Å². The van der Waals surface area contributed by atoms with Gasteiger partial charge in [-0.2, -0.15) is 0 Å². The maximum Gasteiger partial charge on any atom is 0.326 e. The fraction of sp³-hybridized carbons (Fsp3) is 0.846. The van der Waals surface area contributed by atoms with Gasteiger partial charge in [0.25, 0.3) is 0 Å². The maximum atomic E-state index is 11.8. The summed E-state index contributed by atoms with van der Waals surface area (Å²) in [5.41, 5.74) is -0.106. The topological polar surface area (TPSA) is 78.4 Å². The van der Waals surface area contributed by atoms with Gasteiger partial charge in [0.15, 0.2) is 0 Å². The van der Waals surface area contributed by atoms with Crippen LogP contribution in [0.15, 0.2) is 0 Å². The van der Waals surface area contributed by atoms with Crippen LogP contribution in [0.2, 0.25) is 0 Å². The smallest absolute Gasteiger partial charge is 0.326 e. The molecule has 3 N–H and O–H groups in total. The number of amides is 2. The Morgan fingerprint density at radius 1 is 1.33 bits per heavy atom. The van der Waals surface area contributed by atoms with Gasteiger partial charge in [-0.05, 0) is 38.0 Å². The molecule has 0 aromatic heterocycles. The van der Waals surface area contributed by atoms with Crippen LogP contribution in [0.25, 0.3) is 0 Å². The lowest BCUT2D eigenvalue weighted by Gasteiger charge is -2.42. The molecule has 0 saturated heterocycles. The first-order valence-corrected chi connectivity index (χ1v) is 6.70. The van der Waals surface area contributed by atoms with Crippen LogP contribution in [0.4, 0.5) is 4.79 Å². The first-order chi connectivity index (χ1) is 8.38. The lowest BCUT2D eigenvalue weighted by atomic mass is 9.75. The zero-order valence-electron chi connectivity index (χ0n) is 11.5. The van der Waals surface area contributed by atoms with E-state index in [2.05, 4.69) is 10.6 Å². The highest BCUT2D eigenvalue weighted by Gasteiger charge is 2.37. The number of carbonyl (C=O) groups is 2. The number of carboxylic acids is 1. The molecule has 104 valence electrons. The van der Waals surface area contributed by atoms with Crippen molar-refractivity contribution in [2.75, 3.05) is 0 Å². The van der Waals surface area contributed by atoms with Gasteiger partial charge in [-0.1, -0.05) is 20.8 Å². The summed E-state index contributed by atoms with van der Waals surface area (Å²) in [5, 5.41) is 14.5. The average Bonchev–Trinajstić information content (AvgIpc) is 2.21. The van der Waals surface area contributed by atoms with E-state index in [0.717, 1.165) is 25.7 Å². The molecule has 0 unspecified atom stereocenters. The predicted molar refractivity (Wildman–Crippen MR) is 69.4 cm³/mol. The minimum atomic E-state index is -0.974. The summed E-state index contributed by atoms with van der Waals surface area (Å²) in [6.07, 6.45) is 4.43. The van der Waals surface area contributed by atoms with Gasteiger partial charge >= 0.3 is 12.0 Å². The second-order valence-corrected chi connectivity index (χ2v) is 5.61. The number of urea groups is 1. The van der Waals surface area contributed by atoms with Crippen LogP contribution >= 0.6 is 0 Å². The molecule has 0 heterocycles. The van der Waals surface area contributed by atoms with Crippen molar-refractivity contribution >= 4 is 12.0 Å². The molecule has 1 aliphatic rings. The number of hydrogen-bond donors (Lipinski definition) is 3. The predicted octanol–water partition coefficient (Wildman–Crippen LogP) is 2.12. The molecule has 2 amide bonds. The molecule has 1 fully saturated rings. The van der Waals surface area contributed by atoms with Crippen LogP contribution in [-0.2, 0) is 4.79 Å². The van der Waals surface area contributed by atoms with E-state index in [9.17, 15) is 9.59 Å². The number of aliphatic carboxylic acids is 1. The van der Waals surface area contributed by atoms with E-state index >= 15 is 0 Å². The average molecular weight is 256 g/mol. The van der Waals surface area contributed by atoms with Crippen LogP contribution in [0.1, 0.15) is 52.9 Å². The number of rotatable bonds is 6. The number of carboxylic acid groups (broad SMARTS) is 1. The summed E-state index contributed by atoms with van der Waals surface area (Å²) in [6, 6.07) is -1.16. The standard InChI is InChI=1S/C13H24N2O3/c1-4-13(6-5-7-13)15-12(18)14-10(11(16)17)8-9(2)3/h9-10H,4-8H2,1-3H3,(H,16,17)(H2,14,15,18)/t10-/m0/s1. The molecule has 0 aromatic rings. The van der Waals surface area contributed by atoms with Crippen molar-refractivity contribution in [2.45, 2.75) is 64.5 Å². The van der Waals surface area contributed by atoms with Gasteiger partial charge in [-0.25, -0.2) is 9.59 Å². The maximum absolute atomic E-state index is 11.8. The summed E-state index contributed by atoms with van der Waals surface area (Å²) >= 11 is 0. The molecule has 18 heavy (non-hydrogen) atoms. The highest BCUT2D eigenvalue weighted by molar-refractivity contribution is 5.82. The zero-order chi connectivity index (χ0) is 13.8. The van der Waals surface area contributed by atoms with Gasteiger partial charge in [0.05, 0.1) is 0 Å². The highest BCUT2D eigenvalue weighted by Crippen LogP contribution is 2.34. The van der Waals surface area contributed by atoms with Crippen molar-refractivity contribution < 1.29 is 14.7 Å². The highest BCUT2D eigenvalue weighted by atomic mass is 16.4. The molecule has 1 aliphatic carbocycles. The largest absolute Gasteiger partial charge is 0.480 e. The van der Waals surface area contributed by atoms with E-state index in [1.54, 1.807) is 0 Å². The van der Waals surface area contributed by atoms with E-state index in [1.807, 2.05) is 20.8 Å². The summed E-state index contributed by atoms with van der Waals surface area (Å²) in [4.78, 5) is 22.9. The normalized spacial score (nSPS) is 18.9. The van der Waals surface area contributed by atoms with Gasteiger partial charge < -0.3 is 15.7 Å². The van der Waals surface area contributed by atoms with Crippen LogP contribution in [0.3, 0.4) is 0 Å². The van der Waals surface area contributed by atoms with Crippen LogP contribution in [0.5, 0.6) is 0 Å². The van der Waals surface area contributed by atoms with Crippen molar-refractivity contribution in [1.82, 2.24) is 10.6 Å². The minimum Gasteiger partial charge on any atom is -0.480 e. The lowest BCUT2D eigenvalue weighted by molar-refractivity contribution is -0.139. The molecule has 0 bridgehead atoms. The van der Waals surface area contributed by atoms with Crippen molar-refractivity contribution in [1.29, 1.82) is 0 Å². The Balaban J connectivity index is 2.48. The van der Waals surface area contributed by atoms with Crippen molar-refractivity contribution in [3.63, 3.8) is 0 Å². The first-order valence-electron chi connectivity index (χ1n) is 6.70. The van der Waals surface area contributed by atoms with Gasteiger partial charge in [0.1, 0.15) is 6.04 Å². The quantitative estimate of drug-likeness (QED) is 0.681. The van der Waals surface area contributed by atoms with Gasteiger partial charge in [0, 0.05) is 5.54 Å². The molecule has 5 nitrogen and oxygen atoms in total. The summed E-state index contributed by atoms with van der Waals surface area (Å²) in [5.74, 6) is -0.742. The van der Waals surface area contributed by atoms with E-state index in [0.29, 0.717) is 6.42 Å². The Bertz CT molecular complexity index is 306. The van der Waals surface area contributed by atoms with Crippen LogP contribution in [-0.4, -0.2) is 28.7 Å². The zero-order valence-corrected chi connectivity index (χ0v) is 11.5. The summed E-state index contributed by atoms with van der Waals surface area (Å²) in [7, 11) is 0. The second-order valence-electron chi connectivity index (χ2n) is 5.61. The molecular weight excluding hydrogens is 232 g/mol. The summed E-state index contributed by atoms with van der Waals surface area (Å²) < 4.78 is 0. The van der Waals surface area contributed by atoms with Crippen molar-refractivity contribution in [2.24, 2.45) is 5.92 Å². The molecule has 0 radical (unpaired) electrons. The second kappa shape index (κ2) is 6.07. The van der Waals surface area contributed by atoms with E-state index < -0.39 is 12.0 Å². The third-order valence-corrected chi connectivity index (χ3v) is 3.68. The number of carbonyl (C=O) groups excluding carboxylic acids is 1. The molecule has 1 saturated carbocycles. The monoisotopic (exact) mass is 256 g/mol. The number of nitrogens with one attached hydrogen (secondary N) is 2. The Hall–Kier alpha value is -1.26. The van der Waals surface area contributed by atoms with E-state index in [-0.39, 0.29) is 17.5 Å². The van der Waals surface area contributed by atoms with E-state index in [1.165, 1.54) is 0 Å². The molecule has 5 heteroatoms. The fourth-order valence-electron chi connectivity index (χ4n) is 2.30. The molecule has 1 atom stereocenters. The summed E-state index contributed by atoms with van der Waals surface area (Å²) in [6.45, 7) is 5.92. The Kier molecular flexibility index (Phi) is 4.99. The Morgan fingerprint density at radius 3 is 2.28 bits per heavy atom. The molecule has 1 rings (SSSR count). The van der Waals surface area contributed by atoms with Crippen LogP contribution < -0.4 is 10.6 Å². The molecule has 0 aliphatic heterocycles. The molecular formula is C13H24N2O3. The van der Waals surface area contributed by atoms with Gasteiger partial charge in [-0.15, -0.1) is 0 Å². The lowest BCUT2D eigenvalue weighted by Crippen LogP contribution is -2.58. The van der Waals surface area contributed by atoms with Crippen molar-refractivity contribution in [3.8, 4) is 0 Å². The van der Waals surface area contributed by atoms with Gasteiger partial charge in [0.2, 0.25) is 0 Å². The fourth-order valence-corrected chi connectivity index (χ4v) is 2.30. The number of hydrogen-bond acceptors (Lipinski definition) is 2. The van der Waals surface area contributed by atoms with E-state index in [4.69, 9.17) is 5.11 Å². The Morgan fingerprint density at radius 2 is 1.94 bits per heavy atom. The third kappa shape index (κ3) is 3.89. The third-order valence-electron chi connectivity index (χ3n) is 3.68.